The minimum Gasteiger partial charge on any atom is -0.456 e. The predicted molar refractivity (Wildman–Crippen MR) is 213 cm³/mol. The zero-order valence-corrected chi connectivity index (χ0v) is 29.6. The van der Waals surface area contributed by atoms with Gasteiger partial charge in [-0.15, -0.1) is 11.3 Å². The van der Waals surface area contributed by atoms with Crippen molar-refractivity contribution in [2.24, 2.45) is 0 Å². The maximum Gasteiger partial charge on any atom is 0.318 e. The van der Waals surface area contributed by atoms with Crippen LogP contribution in [0.5, 0.6) is 11.5 Å². The van der Waals surface area contributed by atoms with Crippen LogP contribution in [0.4, 0.5) is 0 Å². The molecule has 5 aromatic heterocycles. The molecule has 0 N–H and O–H groups in total. The van der Waals surface area contributed by atoms with Crippen LogP contribution in [-0.2, 0) is 5.66 Å². The summed E-state index contributed by atoms with van der Waals surface area (Å²) in [5.74, 6) is 2.95. The second-order valence-corrected chi connectivity index (χ2v) is 16.1. The molecule has 6 aromatic carbocycles. The van der Waals surface area contributed by atoms with Crippen LogP contribution < -0.4 is 13.9 Å². The lowest BCUT2D eigenvalue weighted by atomic mass is 9.83. The molecule has 3 aliphatic heterocycles. The predicted octanol–water partition coefficient (Wildman–Crippen LogP) is 10.6. The van der Waals surface area contributed by atoms with E-state index in [2.05, 4.69) is 166 Å². The molecule has 0 saturated heterocycles. The van der Waals surface area contributed by atoms with Crippen molar-refractivity contribution in [3.05, 3.63) is 156 Å². The maximum absolute atomic E-state index is 7.07. The van der Waals surface area contributed by atoms with Crippen LogP contribution in [0.25, 0.3) is 86.4 Å². The fraction of sp³-hybridized carbons (Fsp3) is 0.0638. The Morgan fingerprint density at radius 1 is 0.604 bits per heavy atom. The van der Waals surface area contributed by atoms with Crippen molar-refractivity contribution < 1.29 is 13.9 Å². The highest BCUT2D eigenvalue weighted by molar-refractivity contribution is 7.25. The standard InChI is InChI=1S/C47H28N4OS/c1-25-10-9-11-26(2)41(25)35-24-49-46-42-29(31-22-32-28-13-4-6-15-38(28)53-39(32)23-34(31)50(35)46)17-19-36-43(42)47(49)44-37(52-36)20-18-30-27-12-3-5-14-33(27)51(45(30)44)40-16-7-8-21-48(40)47/h3-24H,1-2H3/q+2. The smallest absolute Gasteiger partial charge is 0.318 e. The molecule has 1 unspecified atom stereocenters. The summed E-state index contributed by atoms with van der Waals surface area (Å²) < 4.78 is 19.9. The molecule has 11 aromatic rings. The number of thiophene rings is 1. The van der Waals surface area contributed by atoms with Gasteiger partial charge in [-0.2, -0.15) is 18.1 Å². The van der Waals surface area contributed by atoms with Gasteiger partial charge in [0.2, 0.25) is 0 Å². The molecule has 0 amide bonds. The van der Waals surface area contributed by atoms with E-state index < -0.39 is 5.66 Å². The Bertz CT molecular complexity index is 3560. The van der Waals surface area contributed by atoms with Gasteiger partial charge in [-0.1, -0.05) is 54.6 Å². The lowest BCUT2D eigenvalue weighted by Crippen LogP contribution is -2.75. The first-order valence-corrected chi connectivity index (χ1v) is 19.1. The fourth-order valence-corrected chi connectivity index (χ4v) is 11.8. The number of hydrogen-bond donors (Lipinski definition) is 0. The van der Waals surface area contributed by atoms with Crippen molar-refractivity contribution in [1.29, 1.82) is 0 Å². The van der Waals surface area contributed by atoms with Gasteiger partial charge in [0.15, 0.2) is 11.2 Å². The van der Waals surface area contributed by atoms with Crippen LogP contribution in [-0.4, -0.2) is 8.97 Å². The summed E-state index contributed by atoms with van der Waals surface area (Å²) in [5, 5.41) is 8.87. The normalized spacial score (nSPS) is 16.3. The fourth-order valence-electron chi connectivity index (χ4n) is 10.6. The van der Waals surface area contributed by atoms with Crippen molar-refractivity contribution in [3.63, 3.8) is 0 Å². The third-order valence-electron chi connectivity index (χ3n) is 12.6. The zero-order chi connectivity index (χ0) is 34.5. The van der Waals surface area contributed by atoms with E-state index in [-0.39, 0.29) is 0 Å². The van der Waals surface area contributed by atoms with Crippen molar-refractivity contribution >= 4 is 80.6 Å². The third-order valence-corrected chi connectivity index (χ3v) is 13.7. The number of imidazole rings is 1. The molecule has 14 rings (SSSR count). The first kappa shape index (κ1) is 27.2. The lowest BCUT2D eigenvalue weighted by Gasteiger charge is -2.36. The minimum atomic E-state index is -0.729. The van der Waals surface area contributed by atoms with Crippen molar-refractivity contribution in [2.45, 2.75) is 19.5 Å². The highest BCUT2D eigenvalue weighted by Crippen LogP contribution is 2.57. The van der Waals surface area contributed by atoms with Gasteiger partial charge in [0.1, 0.15) is 39.9 Å². The topological polar surface area (TPSA) is 26.3 Å². The van der Waals surface area contributed by atoms with Gasteiger partial charge in [0.25, 0.3) is 11.5 Å². The highest BCUT2D eigenvalue weighted by Gasteiger charge is 2.65. The zero-order valence-electron chi connectivity index (χ0n) is 28.8. The Morgan fingerprint density at radius 3 is 2.26 bits per heavy atom. The van der Waals surface area contributed by atoms with E-state index in [1.54, 1.807) is 0 Å². The number of rotatable bonds is 1. The number of nitrogens with zero attached hydrogens (tertiary/aromatic N) is 4. The molecular formula is C47H28N4OS+2. The molecule has 0 saturated carbocycles. The first-order valence-electron chi connectivity index (χ1n) is 18.3. The molecule has 3 aliphatic rings. The van der Waals surface area contributed by atoms with E-state index in [4.69, 9.17) is 4.74 Å². The van der Waals surface area contributed by atoms with Gasteiger partial charge in [-0.05, 0) is 79.6 Å². The van der Waals surface area contributed by atoms with Crippen LogP contribution in [0.15, 0.2) is 134 Å². The average molecular weight is 697 g/mol. The van der Waals surface area contributed by atoms with Crippen LogP contribution in [0.1, 0.15) is 22.3 Å². The summed E-state index contributed by atoms with van der Waals surface area (Å²) in [4.78, 5) is 0. The number of pyridine rings is 2. The molecule has 0 aliphatic carbocycles. The summed E-state index contributed by atoms with van der Waals surface area (Å²) in [6.45, 7) is 4.51. The number of para-hydroxylation sites is 1. The van der Waals surface area contributed by atoms with Crippen LogP contribution in [0.2, 0.25) is 0 Å². The first-order chi connectivity index (χ1) is 26.1. The molecule has 1 atom stereocenters. The Morgan fingerprint density at radius 2 is 1.38 bits per heavy atom. The van der Waals surface area contributed by atoms with Crippen LogP contribution in [0.3, 0.4) is 0 Å². The molecule has 0 radical (unpaired) electrons. The van der Waals surface area contributed by atoms with E-state index in [9.17, 15) is 0 Å². The Hall–Kier alpha value is -6.50. The molecule has 5 nitrogen and oxygen atoms in total. The molecule has 1 spiro atoms. The van der Waals surface area contributed by atoms with Gasteiger partial charge >= 0.3 is 5.66 Å². The second-order valence-electron chi connectivity index (χ2n) is 15.0. The highest BCUT2D eigenvalue weighted by atomic mass is 32.1. The molecule has 0 fully saturated rings. The van der Waals surface area contributed by atoms with Gasteiger partial charge in [0.05, 0.1) is 11.6 Å². The quantitative estimate of drug-likeness (QED) is 0.124. The van der Waals surface area contributed by atoms with Crippen molar-refractivity contribution in [2.75, 3.05) is 0 Å². The van der Waals surface area contributed by atoms with E-state index in [1.165, 1.54) is 103 Å². The number of hydrogen-bond acceptors (Lipinski definition) is 2. The van der Waals surface area contributed by atoms with Gasteiger partial charge < -0.3 is 4.74 Å². The monoisotopic (exact) mass is 696 g/mol. The number of aryl methyl sites for hydroxylation is 2. The van der Waals surface area contributed by atoms with E-state index in [0.717, 1.165) is 17.3 Å². The SMILES string of the molecule is Cc1cccc(C)c1-c1c[n+]2c3c4c5c(ccc4c4cc6c(cc4n13)sc1ccccc16)Oc1ccc3c4ccccc4n4c3c1C52[n+]1ccccc1-4. The summed E-state index contributed by atoms with van der Waals surface area (Å²) in [7, 11) is 0. The molecule has 246 valence electrons. The Balaban J connectivity index is 1.28. The summed E-state index contributed by atoms with van der Waals surface area (Å²) in [6.07, 6.45) is 4.74. The third kappa shape index (κ3) is 2.83. The van der Waals surface area contributed by atoms with Crippen LogP contribution in [0, 0.1) is 13.8 Å². The lowest BCUT2D eigenvalue weighted by molar-refractivity contribution is -0.956. The average Bonchev–Trinajstić information content (AvgIpc) is 3.92. The van der Waals surface area contributed by atoms with E-state index in [1.807, 2.05) is 11.3 Å². The van der Waals surface area contributed by atoms with E-state index >= 15 is 0 Å². The second kappa shape index (κ2) is 8.75. The summed E-state index contributed by atoms with van der Waals surface area (Å²) in [5.41, 5.74) is 11.5. The Kier molecular flexibility index (Phi) is 4.49. The van der Waals surface area contributed by atoms with Gasteiger partial charge in [0, 0.05) is 59.4 Å². The molecule has 8 heterocycles. The molecule has 0 bridgehead atoms. The van der Waals surface area contributed by atoms with Crippen molar-refractivity contribution in [3.8, 4) is 28.6 Å². The molecular weight excluding hydrogens is 669 g/mol. The summed E-state index contributed by atoms with van der Waals surface area (Å²) >= 11 is 1.88. The number of fused-ring (bicyclic) bond motifs is 11. The largest absolute Gasteiger partial charge is 0.456 e. The number of benzene rings is 6. The number of ether oxygens (including phenoxy) is 1. The van der Waals surface area contributed by atoms with Gasteiger partial charge in [-0.3, -0.25) is 0 Å². The molecule has 53 heavy (non-hydrogen) atoms. The van der Waals surface area contributed by atoms with Crippen molar-refractivity contribution in [1.82, 2.24) is 8.97 Å². The summed E-state index contributed by atoms with van der Waals surface area (Å²) in [6, 6.07) is 44.9. The van der Waals surface area contributed by atoms with Crippen LogP contribution >= 0.6 is 11.3 Å². The minimum absolute atomic E-state index is 0.729. The number of aromatic nitrogens is 4. The molecule has 6 heteroatoms. The Labute approximate surface area is 306 Å². The van der Waals surface area contributed by atoms with Gasteiger partial charge in [-0.25, -0.2) is 0 Å². The maximum atomic E-state index is 7.07. The van der Waals surface area contributed by atoms with E-state index in [0.29, 0.717) is 0 Å².